The number of amides is 1. The molecule has 0 bridgehead atoms. The van der Waals surface area contributed by atoms with Crippen molar-refractivity contribution in [1.82, 2.24) is 14.7 Å². The van der Waals surface area contributed by atoms with Crippen LogP contribution in [0.2, 0.25) is 0 Å². The molecule has 0 spiro atoms. The maximum absolute atomic E-state index is 11.1. The molecule has 6 nitrogen and oxygen atoms in total. The Morgan fingerprint density at radius 2 is 1.77 bits per heavy atom. The third-order valence-electron chi connectivity index (χ3n) is 4.74. The van der Waals surface area contributed by atoms with E-state index in [9.17, 15) is 4.79 Å². The molecule has 1 aromatic heterocycles. The van der Waals surface area contributed by atoms with Gasteiger partial charge in [0.1, 0.15) is 5.03 Å². The Kier molecular flexibility index (Phi) is 4.46. The van der Waals surface area contributed by atoms with E-state index in [1.165, 1.54) is 4.90 Å². The van der Waals surface area contributed by atoms with Gasteiger partial charge in [-0.15, -0.1) is 11.8 Å². The van der Waals surface area contributed by atoms with Crippen molar-refractivity contribution in [2.45, 2.75) is 5.03 Å². The van der Waals surface area contributed by atoms with Gasteiger partial charge in [0.15, 0.2) is 0 Å². The van der Waals surface area contributed by atoms with Crippen molar-refractivity contribution in [2.24, 2.45) is 0 Å². The number of hydrogen-bond acceptors (Lipinski definition) is 4. The number of nitrogens with zero attached hydrogens (tertiary/aromatic N) is 4. The SMILES string of the molecule is CSc1nn(-c2ccccc2)c2cc(N3CCN(C(=O)O)CC3)ccc12. The van der Waals surface area contributed by atoms with Crippen molar-refractivity contribution >= 4 is 34.4 Å². The topological polar surface area (TPSA) is 61.6 Å². The number of fused-ring (bicyclic) bond motifs is 1. The van der Waals surface area contributed by atoms with Crippen molar-refractivity contribution < 1.29 is 9.90 Å². The highest BCUT2D eigenvalue weighted by Crippen LogP contribution is 2.31. The Labute approximate surface area is 156 Å². The lowest BCUT2D eigenvalue weighted by Gasteiger charge is -2.34. The Morgan fingerprint density at radius 1 is 1.04 bits per heavy atom. The summed E-state index contributed by atoms with van der Waals surface area (Å²) in [5.41, 5.74) is 3.21. The van der Waals surface area contributed by atoms with Crippen LogP contribution in [0.1, 0.15) is 0 Å². The smallest absolute Gasteiger partial charge is 0.407 e. The summed E-state index contributed by atoms with van der Waals surface area (Å²) in [6.07, 6.45) is 1.20. The number of piperazine rings is 1. The Morgan fingerprint density at radius 3 is 2.42 bits per heavy atom. The van der Waals surface area contributed by atoms with Crippen molar-refractivity contribution in [2.75, 3.05) is 37.3 Å². The first-order chi connectivity index (χ1) is 12.7. The van der Waals surface area contributed by atoms with E-state index in [4.69, 9.17) is 10.2 Å². The van der Waals surface area contributed by atoms with Gasteiger partial charge < -0.3 is 14.9 Å². The minimum Gasteiger partial charge on any atom is -0.465 e. The summed E-state index contributed by atoms with van der Waals surface area (Å²) >= 11 is 1.64. The number of carbonyl (C=O) groups is 1. The van der Waals surface area contributed by atoms with E-state index in [0.29, 0.717) is 26.2 Å². The lowest BCUT2D eigenvalue weighted by molar-refractivity contribution is 0.142. The Hall–Kier alpha value is -2.67. The molecule has 0 saturated carbocycles. The number of benzene rings is 2. The predicted octanol–water partition coefficient (Wildman–Crippen LogP) is 3.55. The third kappa shape index (κ3) is 2.99. The fourth-order valence-electron chi connectivity index (χ4n) is 3.34. The molecule has 0 radical (unpaired) electrons. The molecule has 2 aromatic carbocycles. The summed E-state index contributed by atoms with van der Waals surface area (Å²) in [7, 11) is 0. The number of anilines is 1. The second-order valence-electron chi connectivity index (χ2n) is 6.21. The van der Waals surface area contributed by atoms with Crippen molar-refractivity contribution in [3.63, 3.8) is 0 Å². The molecule has 1 amide bonds. The molecule has 1 N–H and O–H groups in total. The average molecular weight is 368 g/mol. The quantitative estimate of drug-likeness (QED) is 0.717. The molecular formula is C19H20N4O2S. The van der Waals surface area contributed by atoms with E-state index in [-0.39, 0.29) is 0 Å². The summed E-state index contributed by atoms with van der Waals surface area (Å²) in [4.78, 5) is 14.8. The Bertz CT molecular complexity index is 933. The van der Waals surface area contributed by atoms with Gasteiger partial charge in [-0.3, -0.25) is 0 Å². The number of hydrogen-bond donors (Lipinski definition) is 1. The summed E-state index contributed by atoms with van der Waals surface area (Å²) < 4.78 is 1.98. The maximum atomic E-state index is 11.1. The van der Waals surface area contributed by atoms with Crippen molar-refractivity contribution in [1.29, 1.82) is 0 Å². The van der Waals surface area contributed by atoms with Gasteiger partial charge in [0.2, 0.25) is 0 Å². The second kappa shape index (κ2) is 6.92. The minimum atomic E-state index is -0.841. The van der Waals surface area contributed by atoms with Gasteiger partial charge in [0.05, 0.1) is 11.2 Å². The predicted molar refractivity (Wildman–Crippen MR) is 105 cm³/mol. The van der Waals surface area contributed by atoms with Crippen LogP contribution in [0.25, 0.3) is 16.6 Å². The van der Waals surface area contributed by atoms with Crippen molar-refractivity contribution in [3.8, 4) is 5.69 Å². The van der Waals surface area contributed by atoms with Crippen LogP contribution in [0.4, 0.5) is 10.5 Å². The standard InChI is InChI=1S/C19H20N4O2S/c1-26-18-16-8-7-15(21-9-11-22(12-10-21)19(24)25)13-17(16)23(20-18)14-5-3-2-4-6-14/h2-8,13H,9-12H2,1H3,(H,24,25). The second-order valence-corrected chi connectivity index (χ2v) is 7.01. The summed E-state index contributed by atoms with van der Waals surface area (Å²) in [6.45, 7) is 2.46. The Balaban J connectivity index is 1.71. The first-order valence-corrected chi connectivity index (χ1v) is 9.75. The van der Waals surface area contributed by atoms with Crippen LogP contribution in [0, 0.1) is 0 Å². The number of rotatable bonds is 3. The highest BCUT2D eigenvalue weighted by Gasteiger charge is 2.21. The number of carboxylic acid groups (broad SMARTS) is 1. The molecule has 26 heavy (non-hydrogen) atoms. The van der Waals surface area contributed by atoms with Crippen LogP contribution < -0.4 is 4.90 Å². The fraction of sp³-hybridized carbons (Fsp3) is 0.263. The van der Waals surface area contributed by atoms with E-state index in [0.717, 1.165) is 27.3 Å². The van der Waals surface area contributed by atoms with Crippen molar-refractivity contribution in [3.05, 3.63) is 48.5 Å². The van der Waals surface area contributed by atoms with Gasteiger partial charge >= 0.3 is 6.09 Å². The average Bonchev–Trinajstić information content (AvgIpc) is 3.06. The van der Waals surface area contributed by atoms with E-state index < -0.39 is 6.09 Å². The summed E-state index contributed by atoms with van der Waals surface area (Å²) in [5.74, 6) is 0. The molecular weight excluding hydrogens is 348 g/mol. The zero-order chi connectivity index (χ0) is 18.1. The number of thioether (sulfide) groups is 1. The minimum absolute atomic E-state index is 0.529. The first-order valence-electron chi connectivity index (χ1n) is 8.52. The molecule has 1 fully saturated rings. The van der Waals surface area contributed by atoms with Gasteiger partial charge in [-0.2, -0.15) is 5.10 Å². The zero-order valence-electron chi connectivity index (χ0n) is 14.5. The molecule has 0 unspecified atom stereocenters. The summed E-state index contributed by atoms with van der Waals surface area (Å²) in [5, 5.41) is 16.0. The number of para-hydroxylation sites is 1. The molecule has 4 rings (SSSR count). The molecule has 134 valence electrons. The first kappa shape index (κ1) is 16.8. The highest BCUT2D eigenvalue weighted by molar-refractivity contribution is 7.98. The number of aromatic nitrogens is 2. The van der Waals surface area contributed by atoms with Crippen LogP contribution >= 0.6 is 11.8 Å². The van der Waals surface area contributed by atoms with E-state index in [1.807, 2.05) is 29.1 Å². The molecule has 3 aromatic rings. The van der Waals surface area contributed by atoms with Gasteiger partial charge in [0.25, 0.3) is 0 Å². The normalized spacial score (nSPS) is 14.8. The molecule has 1 aliphatic heterocycles. The van der Waals surface area contributed by atoms with E-state index in [2.05, 4.69) is 35.2 Å². The van der Waals surface area contributed by atoms with E-state index >= 15 is 0 Å². The lowest BCUT2D eigenvalue weighted by atomic mass is 10.2. The fourth-order valence-corrected chi connectivity index (χ4v) is 3.90. The molecule has 1 saturated heterocycles. The van der Waals surface area contributed by atoms with Crippen LogP contribution in [-0.2, 0) is 0 Å². The lowest BCUT2D eigenvalue weighted by Crippen LogP contribution is -2.48. The highest BCUT2D eigenvalue weighted by atomic mass is 32.2. The zero-order valence-corrected chi connectivity index (χ0v) is 15.3. The molecule has 1 aliphatic rings. The molecule has 2 heterocycles. The summed E-state index contributed by atoms with van der Waals surface area (Å²) in [6, 6.07) is 16.5. The van der Waals surface area contributed by atoms with Gasteiger partial charge in [-0.05, 0) is 36.6 Å². The third-order valence-corrected chi connectivity index (χ3v) is 5.43. The van der Waals surface area contributed by atoms with Gasteiger partial charge in [-0.1, -0.05) is 18.2 Å². The van der Waals surface area contributed by atoms with Crippen LogP contribution in [0.3, 0.4) is 0 Å². The van der Waals surface area contributed by atoms with Crippen LogP contribution in [0.5, 0.6) is 0 Å². The van der Waals surface area contributed by atoms with Crippen LogP contribution in [0.15, 0.2) is 53.6 Å². The van der Waals surface area contributed by atoms with Gasteiger partial charge in [0, 0.05) is 37.3 Å². The molecule has 7 heteroatoms. The van der Waals surface area contributed by atoms with Gasteiger partial charge in [-0.25, -0.2) is 9.48 Å². The molecule has 0 atom stereocenters. The maximum Gasteiger partial charge on any atom is 0.407 e. The molecule has 0 aliphatic carbocycles. The van der Waals surface area contributed by atoms with Crippen LogP contribution in [-0.4, -0.2) is 58.3 Å². The largest absolute Gasteiger partial charge is 0.465 e. The monoisotopic (exact) mass is 368 g/mol. The van der Waals surface area contributed by atoms with E-state index in [1.54, 1.807) is 11.8 Å².